The van der Waals surface area contributed by atoms with E-state index in [2.05, 4.69) is 5.32 Å². The first-order valence-electron chi connectivity index (χ1n) is 11.8. The Kier molecular flexibility index (Phi) is 7.73. The van der Waals surface area contributed by atoms with Gasteiger partial charge in [-0.25, -0.2) is 9.59 Å². The molecule has 2 fully saturated rings. The molecular weight excluding hydrogens is 456 g/mol. The van der Waals surface area contributed by atoms with E-state index in [0.29, 0.717) is 17.2 Å². The molecule has 0 bridgehead atoms. The average Bonchev–Trinajstić information content (AvgIpc) is 2.84. The molecule has 1 saturated heterocycles. The summed E-state index contributed by atoms with van der Waals surface area (Å²) in [6.07, 6.45) is 6.55. The molecule has 2 amide bonds. The topological polar surface area (TPSA) is 95.9 Å². The second-order valence-corrected chi connectivity index (χ2v) is 9.41. The van der Waals surface area contributed by atoms with Crippen molar-refractivity contribution in [2.24, 2.45) is 5.92 Å². The second kappa shape index (κ2) is 10.9. The lowest BCUT2D eigenvalue weighted by Gasteiger charge is -2.43. The molecule has 2 unspecified atom stereocenters. The van der Waals surface area contributed by atoms with E-state index in [1.807, 2.05) is 4.90 Å². The molecule has 3 atom stereocenters. The van der Waals surface area contributed by atoms with Crippen molar-refractivity contribution in [3.8, 4) is 5.75 Å². The summed E-state index contributed by atoms with van der Waals surface area (Å²) in [5.74, 6) is -0.709. The highest BCUT2D eigenvalue weighted by atomic mass is 35.5. The van der Waals surface area contributed by atoms with E-state index in [0.717, 1.165) is 25.8 Å². The van der Waals surface area contributed by atoms with Crippen LogP contribution in [0.5, 0.6) is 5.75 Å². The van der Waals surface area contributed by atoms with Crippen LogP contribution in [0, 0.1) is 5.92 Å². The Hall–Kier alpha value is -3.06. The van der Waals surface area contributed by atoms with Gasteiger partial charge < -0.3 is 20.1 Å². The molecule has 2 aliphatic rings. The van der Waals surface area contributed by atoms with E-state index < -0.39 is 17.9 Å². The Morgan fingerprint density at radius 2 is 1.74 bits per heavy atom. The summed E-state index contributed by atoms with van der Waals surface area (Å²) in [6.45, 7) is 0.726. The average molecular weight is 485 g/mol. The SMILES string of the molecule is O=C(N[C@@H](Cc1ccc(OC(=O)N2CCCC3CCCCC32)cc1)C(=O)O)c1ccccc1Cl. The number of fused-ring (bicyclic) bond motifs is 1. The number of nitrogens with zero attached hydrogens (tertiary/aromatic N) is 1. The van der Waals surface area contributed by atoms with Crippen molar-refractivity contribution in [1.29, 1.82) is 0 Å². The highest BCUT2D eigenvalue weighted by Gasteiger charge is 2.36. The van der Waals surface area contributed by atoms with Crippen LogP contribution in [0.1, 0.15) is 54.4 Å². The third-order valence-electron chi connectivity index (χ3n) is 6.77. The van der Waals surface area contributed by atoms with Gasteiger partial charge >= 0.3 is 12.1 Å². The van der Waals surface area contributed by atoms with Gasteiger partial charge in [0.1, 0.15) is 11.8 Å². The van der Waals surface area contributed by atoms with Gasteiger partial charge in [0.25, 0.3) is 5.91 Å². The Morgan fingerprint density at radius 3 is 2.47 bits per heavy atom. The van der Waals surface area contributed by atoms with E-state index in [9.17, 15) is 19.5 Å². The zero-order valence-electron chi connectivity index (χ0n) is 18.9. The van der Waals surface area contributed by atoms with Crippen molar-refractivity contribution < 1.29 is 24.2 Å². The number of likely N-dealkylation sites (tertiary alicyclic amines) is 1. The van der Waals surface area contributed by atoms with Crippen LogP contribution in [0.2, 0.25) is 5.02 Å². The fourth-order valence-corrected chi connectivity index (χ4v) is 5.24. The summed E-state index contributed by atoms with van der Waals surface area (Å²) >= 11 is 6.04. The summed E-state index contributed by atoms with van der Waals surface area (Å²) in [5, 5.41) is 12.4. The lowest BCUT2D eigenvalue weighted by molar-refractivity contribution is -0.139. The first-order valence-corrected chi connectivity index (χ1v) is 12.2. The summed E-state index contributed by atoms with van der Waals surface area (Å²) in [4.78, 5) is 38.9. The van der Waals surface area contributed by atoms with Gasteiger partial charge in [-0.3, -0.25) is 4.79 Å². The number of carboxylic acids is 1. The first-order chi connectivity index (χ1) is 16.4. The summed E-state index contributed by atoms with van der Waals surface area (Å²) < 4.78 is 5.63. The maximum atomic E-state index is 12.8. The molecule has 1 aliphatic heterocycles. The molecule has 2 N–H and O–H groups in total. The number of halogens is 1. The fourth-order valence-electron chi connectivity index (χ4n) is 5.02. The number of hydrogen-bond acceptors (Lipinski definition) is 4. The van der Waals surface area contributed by atoms with E-state index in [4.69, 9.17) is 16.3 Å². The number of benzene rings is 2. The molecule has 7 nitrogen and oxygen atoms in total. The largest absolute Gasteiger partial charge is 0.480 e. The van der Waals surface area contributed by atoms with Crippen LogP contribution >= 0.6 is 11.6 Å². The zero-order valence-corrected chi connectivity index (χ0v) is 19.7. The van der Waals surface area contributed by atoms with Gasteiger partial charge in [-0.1, -0.05) is 48.7 Å². The van der Waals surface area contributed by atoms with Gasteiger partial charge in [-0.15, -0.1) is 0 Å². The lowest BCUT2D eigenvalue weighted by Crippen LogP contribution is -2.50. The third kappa shape index (κ3) is 5.70. The first kappa shape index (κ1) is 24.1. The number of piperidine rings is 1. The Balaban J connectivity index is 1.36. The van der Waals surface area contributed by atoms with Gasteiger partial charge in [-0.2, -0.15) is 0 Å². The van der Waals surface area contributed by atoms with Gasteiger partial charge in [0.2, 0.25) is 0 Å². The highest BCUT2D eigenvalue weighted by Crippen LogP contribution is 2.35. The molecule has 1 saturated carbocycles. The summed E-state index contributed by atoms with van der Waals surface area (Å²) in [5.41, 5.74) is 0.910. The minimum Gasteiger partial charge on any atom is -0.480 e. The zero-order chi connectivity index (χ0) is 24.1. The maximum Gasteiger partial charge on any atom is 0.415 e. The van der Waals surface area contributed by atoms with Crippen LogP contribution in [-0.2, 0) is 11.2 Å². The molecule has 1 heterocycles. The monoisotopic (exact) mass is 484 g/mol. The molecule has 34 heavy (non-hydrogen) atoms. The number of carbonyl (C=O) groups is 3. The number of ether oxygens (including phenoxy) is 1. The molecule has 0 spiro atoms. The van der Waals surface area contributed by atoms with Crippen molar-refractivity contribution in [3.63, 3.8) is 0 Å². The van der Waals surface area contributed by atoms with E-state index in [1.165, 1.54) is 25.3 Å². The standard InChI is InChI=1S/C26H29ClN2O5/c27-21-9-3-2-8-20(21)24(30)28-22(25(31)32)16-17-11-13-19(14-12-17)34-26(33)29-15-5-7-18-6-1-4-10-23(18)29/h2-3,8-9,11-14,18,22-23H,1,4-7,10,15-16H2,(H,28,30)(H,31,32)/t18?,22-,23?/m0/s1. The molecule has 4 rings (SSSR count). The van der Waals surface area contributed by atoms with Crippen molar-refractivity contribution in [3.05, 3.63) is 64.7 Å². The summed E-state index contributed by atoms with van der Waals surface area (Å²) in [7, 11) is 0. The predicted molar refractivity (Wildman–Crippen MR) is 128 cm³/mol. The molecule has 180 valence electrons. The second-order valence-electron chi connectivity index (χ2n) is 9.01. The third-order valence-corrected chi connectivity index (χ3v) is 7.10. The van der Waals surface area contributed by atoms with Gasteiger partial charge in [0.05, 0.1) is 10.6 Å². The fraction of sp³-hybridized carbons (Fsp3) is 0.423. The maximum absolute atomic E-state index is 12.8. The van der Waals surface area contributed by atoms with E-state index in [-0.39, 0.29) is 29.1 Å². The molecule has 8 heteroatoms. The molecule has 0 radical (unpaired) electrons. The van der Waals surface area contributed by atoms with E-state index >= 15 is 0 Å². The number of hydrogen-bond donors (Lipinski definition) is 2. The van der Waals surface area contributed by atoms with Crippen LogP contribution in [0.25, 0.3) is 0 Å². The van der Waals surface area contributed by atoms with Crippen molar-refractivity contribution >= 4 is 29.6 Å². The minimum atomic E-state index is -1.15. The normalized spacial score (nSPS) is 20.7. The number of carbonyl (C=O) groups excluding carboxylic acids is 2. The highest BCUT2D eigenvalue weighted by molar-refractivity contribution is 6.33. The van der Waals surface area contributed by atoms with Crippen LogP contribution in [0.15, 0.2) is 48.5 Å². The van der Waals surface area contributed by atoms with Crippen LogP contribution < -0.4 is 10.1 Å². The van der Waals surface area contributed by atoms with Crippen LogP contribution in [0.4, 0.5) is 4.79 Å². The quantitative estimate of drug-likeness (QED) is 0.606. The molecular formula is C26H29ClN2O5. The number of nitrogens with one attached hydrogen (secondary N) is 1. The number of carboxylic acid groups (broad SMARTS) is 1. The molecule has 2 aromatic rings. The Bertz CT molecular complexity index is 1040. The molecule has 1 aliphatic carbocycles. The number of aliphatic carboxylic acids is 1. The van der Waals surface area contributed by atoms with Crippen LogP contribution in [-0.4, -0.2) is 46.6 Å². The number of rotatable bonds is 6. The summed E-state index contributed by atoms with van der Waals surface area (Å²) in [6, 6.07) is 12.3. The Labute approximate surface area is 204 Å². The van der Waals surface area contributed by atoms with E-state index in [1.54, 1.807) is 42.5 Å². The minimum absolute atomic E-state index is 0.0790. The van der Waals surface area contributed by atoms with Crippen molar-refractivity contribution in [2.45, 2.75) is 57.0 Å². The van der Waals surface area contributed by atoms with Crippen LogP contribution in [0.3, 0.4) is 0 Å². The van der Waals surface area contributed by atoms with Gasteiger partial charge in [0.15, 0.2) is 0 Å². The Morgan fingerprint density at radius 1 is 1.03 bits per heavy atom. The molecule has 0 aromatic heterocycles. The van der Waals surface area contributed by atoms with Crippen molar-refractivity contribution in [2.75, 3.05) is 6.54 Å². The lowest BCUT2D eigenvalue weighted by atomic mass is 9.78. The van der Waals surface area contributed by atoms with Crippen molar-refractivity contribution in [1.82, 2.24) is 10.2 Å². The van der Waals surface area contributed by atoms with Gasteiger partial charge in [-0.05, 0) is 61.4 Å². The smallest absolute Gasteiger partial charge is 0.415 e. The predicted octanol–water partition coefficient (Wildman–Crippen LogP) is 4.92. The molecule has 2 aromatic carbocycles. The number of amides is 2. The van der Waals surface area contributed by atoms with Gasteiger partial charge in [0, 0.05) is 19.0 Å².